The monoisotopic (exact) mass is 272 g/mol. The maximum atomic E-state index is 11.7. The normalized spacial score (nSPS) is 11.2. The molecule has 1 rings (SSSR count). The van der Waals surface area contributed by atoms with Gasteiger partial charge in [0.15, 0.2) is 0 Å². The number of amides is 1. The molecule has 6 nitrogen and oxygen atoms in total. The number of hydrogen-bond acceptors (Lipinski definition) is 4. The highest BCUT2D eigenvalue weighted by molar-refractivity contribution is 7.89. The van der Waals surface area contributed by atoms with Crippen LogP contribution in [0.15, 0.2) is 29.2 Å². The molecule has 0 spiro atoms. The molecular weight excluding hydrogens is 256 g/mol. The summed E-state index contributed by atoms with van der Waals surface area (Å²) in [7, 11) is -2.24. The Hall–Kier alpha value is -1.44. The Labute approximate surface area is 106 Å². The molecule has 0 aliphatic heterocycles. The lowest BCUT2D eigenvalue weighted by atomic mass is 10.2. The second-order valence-electron chi connectivity index (χ2n) is 3.57. The van der Waals surface area contributed by atoms with E-state index in [4.69, 9.17) is 5.11 Å². The first-order valence-corrected chi connectivity index (χ1v) is 6.92. The second kappa shape index (κ2) is 6.48. The van der Waals surface area contributed by atoms with Crippen LogP contribution in [0.1, 0.15) is 16.8 Å². The van der Waals surface area contributed by atoms with Crippen LogP contribution in [-0.2, 0) is 10.0 Å². The van der Waals surface area contributed by atoms with E-state index in [-0.39, 0.29) is 23.0 Å². The van der Waals surface area contributed by atoms with Crippen molar-refractivity contribution in [2.45, 2.75) is 11.3 Å². The van der Waals surface area contributed by atoms with Gasteiger partial charge in [-0.3, -0.25) is 4.79 Å². The molecule has 1 amide bonds. The number of rotatable bonds is 6. The molecule has 1 aromatic carbocycles. The van der Waals surface area contributed by atoms with Crippen LogP contribution >= 0.6 is 0 Å². The Morgan fingerprint density at radius 2 is 2.11 bits per heavy atom. The number of carbonyl (C=O) groups is 1. The van der Waals surface area contributed by atoms with E-state index < -0.39 is 10.0 Å². The maximum Gasteiger partial charge on any atom is 0.251 e. The first kappa shape index (κ1) is 14.6. The number of benzene rings is 1. The predicted molar refractivity (Wildman–Crippen MR) is 66.7 cm³/mol. The van der Waals surface area contributed by atoms with Crippen molar-refractivity contribution < 1.29 is 18.3 Å². The molecule has 0 aliphatic rings. The average Bonchev–Trinajstić information content (AvgIpc) is 2.39. The summed E-state index contributed by atoms with van der Waals surface area (Å²) in [5, 5.41) is 11.2. The lowest BCUT2D eigenvalue weighted by molar-refractivity contribution is 0.0951. The third-order valence-electron chi connectivity index (χ3n) is 2.30. The highest BCUT2D eigenvalue weighted by Gasteiger charge is 2.13. The molecule has 7 heteroatoms. The maximum absolute atomic E-state index is 11.7. The number of carbonyl (C=O) groups excluding carboxylic acids is 1. The van der Waals surface area contributed by atoms with Gasteiger partial charge >= 0.3 is 0 Å². The number of aliphatic hydroxyl groups excluding tert-OH is 1. The van der Waals surface area contributed by atoms with Crippen molar-refractivity contribution in [1.82, 2.24) is 10.0 Å². The third kappa shape index (κ3) is 3.80. The van der Waals surface area contributed by atoms with Gasteiger partial charge in [-0.05, 0) is 31.7 Å². The fraction of sp³-hybridized carbons (Fsp3) is 0.364. The van der Waals surface area contributed by atoms with E-state index in [9.17, 15) is 13.2 Å². The Kier molecular flexibility index (Phi) is 5.26. The molecule has 0 atom stereocenters. The summed E-state index contributed by atoms with van der Waals surface area (Å²) in [5.74, 6) is -0.364. The van der Waals surface area contributed by atoms with E-state index in [1.807, 2.05) is 0 Å². The van der Waals surface area contributed by atoms with Crippen LogP contribution in [0.25, 0.3) is 0 Å². The summed E-state index contributed by atoms with van der Waals surface area (Å²) >= 11 is 0. The molecule has 0 aliphatic carbocycles. The van der Waals surface area contributed by atoms with Crippen LogP contribution in [0.5, 0.6) is 0 Å². The summed E-state index contributed by atoms with van der Waals surface area (Å²) in [6.45, 7) is 0.340. The summed E-state index contributed by atoms with van der Waals surface area (Å²) in [6, 6.07) is 5.75. The molecule has 3 N–H and O–H groups in total. The topological polar surface area (TPSA) is 95.5 Å². The van der Waals surface area contributed by atoms with Crippen LogP contribution in [0.3, 0.4) is 0 Å². The fourth-order valence-corrected chi connectivity index (χ4v) is 2.08. The minimum atomic E-state index is -3.55. The van der Waals surface area contributed by atoms with Crippen molar-refractivity contribution >= 4 is 15.9 Å². The highest BCUT2D eigenvalue weighted by Crippen LogP contribution is 2.10. The molecule has 100 valence electrons. The van der Waals surface area contributed by atoms with Gasteiger partial charge in [-0.15, -0.1) is 0 Å². The Bertz CT molecular complexity index is 514. The summed E-state index contributed by atoms with van der Waals surface area (Å²) in [4.78, 5) is 11.7. The van der Waals surface area contributed by atoms with E-state index in [2.05, 4.69) is 10.0 Å². The second-order valence-corrected chi connectivity index (χ2v) is 5.45. The van der Waals surface area contributed by atoms with E-state index in [1.165, 1.54) is 31.3 Å². The smallest absolute Gasteiger partial charge is 0.251 e. The van der Waals surface area contributed by atoms with Gasteiger partial charge < -0.3 is 10.4 Å². The number of aliphatic hydroxyl groups is 1. The van der Waals surface area contributed by atoms with Crippen LogP contribution in [-0.4, -0.2) is 39.6 Å². The van der Waals surface area contributed by atoms with Gasteiger partial charge in [0.1, 0.15) is 0 Å². The molecule has 18 heavy (non-hydrogen) atoms. The Balaban J connectivity index is 2.86. The van der Waals surface area contributed by atoms with Gasteiger partial charge in [0, 0.05) is 18.7 Å². The SMILES string of the molecule is CNS(=O)(=O)c1cccc(C(=O)NCCCO)c1. The molecule has 0 saturated carbocycles. The van der Waals surface area contributed by atoms with Crippen molar-refractivity contribution in [1.29, 1.82) is 0 Å². The van der Waals surface area contributed by atoms with Gasteiger partial charge in [-0.2, -0.15) is 0 Å². The van der Waals surface area contributed by atoms with Gasteiger partial charge in [0.05, 0.1) is 4.90 Å². The van der Waals surface area contributed by atoms with Crippen LogP contribution in [0.2, 0.25) is 0 Å². The molecule has 0 heterocycles. The lowest BCUT2D eigenvalue weighted by Gasteiger charge is -2.06. The van der Waals surface area contributed by atoms with Gasteiger partial charge in [0.25, 0.3) is 5.91 Å². The van der Waals surface area contributed by atoms with Gasteiger partial charge in [-0.25, -0.2) is 13.1 Å². The van der Waals surface area contributed by atoms with Crippen LogP contribution in [0, 0.1) is 0 Å². The highest BCUT2D eigenvalue weighted by atomic mass is 32.2. The van der Waals surface area contributed by atoms with Crippen LogP contribution < -0.4 is 10.0 Å². The van der Waals surface area contributed by atoms with Crippen molar-refractivity contribution in [2.24, 2.45) is 0 Å². The van der Waals surface area contributed by atoms with E-state index in [0.29, 0.717) is 13.0 Å². The molecule has 1 aromatic rings. The fourth-order valence-electron chi connectivity index (χ4n) is 1.31. The molecule has 0 fully saturated rings. The first-order chi connectivity index (χ1) is 8.51. The molecule has 0 unspecified atom stereocenters. The number of hydrogen-bond donors (Lipinski definition) is 3. The average molecular weight is 272 g/mol. The molecular formula is C11H16N2O4S. The van der Waals surface area contributed by atoms with E-state index >= 15 is 0 Å². The van der Waals surface area contributed by atoms with Crippen molar-refractivity contribution in [3.63, 3.8) is 0 Å². The number of nitrogens with one attached hydrogen (secondary N) is 2. The minimum absolute atomic E-state index is 0.00550. The molecule has 0 bridgehead atoms. The number of sulfonamides is 1. The van der Waals surface area contributed by atoms with Gasteiger partial charge in [-0.1, -0.05) is 6.07 Å². The van der Waals surface area contributed by atoms with Crippen LogP contribution in [0.4, 0.5) is 0 Å². The Morgan fingerprint density at radius 1 is 1.39 bits per heavy atom. The van der Waals surface area contributed by atoms with E-state index in [0.717, 1.165) is 0 Å². The van der Waals surface area contributed by atoms with Crippen molar-refractivity contribution in [2.75, 3.05) is 20.2 Å². The Morgan fingerprint density at radius 3 is 2.72 bits per heavy atom. The predicted octanol–water partition coefficient (Wildman–Crippen LogP) is -0.293. The minimum Gasteiger partial charge on any atom is -0.396 e. The quantitative estimate of drug-likeness (QED) is 0.620. The van der Waals surface area contributed by atoms with Crippen molar-refractivity contribution in [3.05, 3.63) is 29.8 Å². The molecule has 0 radical (unpaired) electrons. The molecule has 0 aromatic heterocycles. The summed E-state index contributed by atoms with van der Waals surface area (Å²) < 4.78 is 25.3. The third-order valence-corrected chi connectivity index (χ3v) is 3.71. The van der Waals surface area contributed by atoms with E-state index in [1.54, 1.807) is 0 Å². The van der Waals surface area contributed by atoms with Gasteiger partial charge in [0.2, 0.25) is 10.0 Å². The summed E-state index contributed by atoms with van der Waals surface area (Å²) in [6.07, 6.45) is 0.459. The lowest BCUT2D eigenvalue weighted by Crippen LogP contribution is -2.25. The largest absolute Gasteiger partial charge is 0.396 e. The zero-order chi connectivity index (χ0) is 13.6. The first-order valence-electron chi connectivity index (χ1n) is 5.44. The zero-order valence-corrected chi connectivity index (χ0v) is 10.8. The summed E-state index contributed by atoms with van der Waals surface area (Å²) in [5.41, 5.74) is 0.268. The zero-order valence-electron chi connectivity index (χ0n) is 10.0. The molecule has 0 saturated heterocycles. The van der Waals surface area contributed by atoms with Crippen molar-refractivity contribution in [3.8, 4) is 0 Å². The standard InChI is InChI=1S/C11H16N2O4S/c1-12-18(16,17)10-5-2-4-9(8-10)11(15)13-6-3-7-14/h2,4-5,8,12,14H,3,6-7H2,1H3,(H,13,15).